The second-order valence-electron chi connectivity index (χ2n) is 11.7. The predicted octanol–water partition coefficient (Wildman–Crippen LogP) is 6.17. The molecule has 14 heteroatoms. The lowest BCUT2D eigenvalue weighted by Gasteiger charge is -2.31. The van der Waals surface area contributed by atoms with E-state index in [1.54, 1.807) is 36.0 Å². The van der Waals surface area contributed by atoms with Gasteiger partial charge in [-0.05, 0) is 73.3 Å². The topological polar surface area (TPSA) is 164 Å². The van der Waals surface area contributed by atoms with Crippen LogP contribution in [0.5, 0.6) is 0 Å². The summed E-state index contributed by atoms with van der Waals surface area (Å²) in [5.74, 6) is 0.974. The Kier molecular flexibility index (Phi) is 11.6. The van der Waals surface area contributed by atoms with Crippen molar-refractivity contribution in [1.29, 1.82) is 0 Å². The maximum atomic E-state index is 12.7. The van der Waals surface area contributed by atoms with Gasteiger partial charge in [-0.3, -0.25) is 19.4 Å². The molecule has 3 aromatic heterocycles. The molecule has 3 amide bonds. The standard InChI is InChI=1S/C33H39N9O3S2/c1-5-24(16-25-11-7-13-27(37-25)35-20(3)43)39-32-34-18-19(2)30(46-32)22-9-6-10-23(15-22)31-41-42-33(47-31)40-29(45)17-26-12-8-14-28(38-26)36-21(4)44/h7-8,11-14,22-23H,5-6,9-10,15-18H2,1-4H3,(H,35,37,43)(H,36,38,44)(H,40,42,45). The van der Waals surface area contributed by atoms with E-state index in [1.165, 1.54) is 35.7 Å². The molecule has 0 radical (unpaired) electrons. The Balaban J connectivity index is 1.19. The Morgan fingerprint density at radius 3 is 2.21 bits per heavy atom. The van der Waals surface area contributed by atoms with Crippen LogP contribution >= 0.6 is 23.1 Å². The molecule has 1 fully saturated rings. The van der Waals surface area contributed by atoms with Gasteiger partial charge in [-0.1, -0.05) is 48.6 Å². The maximum absolute atomic E-state index is 12.7. The molecule has 2 atom stereocenters. The number of hydrogen-bond donors (Lipinski definition) is 3. The molecule has 3 aromatic rings. The predicted molar refractivity (Wildman–Crippen MR) is 188 cm³/mol. The van der Waals surface area contributed by atoms with Gasteiger partial charge in [0.2, 0.25) is 22.9 Å². The molecule has 2 unspecified atom stereocenters. The molecule has 0 saturated heterocycles. The Bertz CT molecular complexity index is 1730. The molecule has 3 N–H and O–H groups in total. The summed E-state index contributed by atoms with van der Waals surface area (Å²) >= 11 is 3.10. The summed E-state index contributed by atoms with van der Waals surface area (Å²) in [4.78, 5) is 55.5. The second kappa shape index (κ2) is 16.0. The smallest absolute Gasteiger partial charge is 0.232 e. The van der Waals surface area contributed by atoms with Crippen molar-refractivity contribution in [2.24, 2.45) is 15.9 Å². The molecule has 2 aliphatic rings. The lowest BCUT2D eigenvalue weighted by atomic mass is 9.80. The molecule has 12 nitrogen and oxygen atoms in total. The lowest BCUT2D eigenvalue weighted by molar-refractivity contribution is -0.116. The van der Waals surface area contributed by atoms with E-state index in [4.69, 9.17) is 9.98 Å². The zero-order valence-electron chi connectivity index (χ0n) is 27.0. The number of carbonyl (C=O) groups is 3. The molecule has 0 aromatic carbocycles. The molecule has 246 valence electrons. The summed E-state index contributed by atoms with van der Waals surface area (Å²) in [6, 6.07) is 10.8. The summed E-state index contributed by atoms with van der Waals surface area (Å²) in [5, 5.41) is 19.2. The first-order valence-electron chi connectivity index (χ1n) is 15.7. The minimum atomic E-state index is -0.240. The first kappa shape index (κ1) is 34.0. The molecule has 4 heterocycles. The van der Waals surface area contributed by atoms with Crippen molar-refractivity contribution in [3.63, 3.8) is 0 Å². The van der Waals surface area contributed by atoms with Gasteiger partial charge in [-0.25, -0.2) is 15.0 Å². The van der Waals surface area contributed by atoms with Crippen molar-refractivity contribution in [2.75, 3.05) is 22.5 Å². The van der Waals surface area contributed by atoms with Gasteiger partial charge in [-0.15, -0.1) is 10.2 Å². The minimum Gasteiger partial charge on any atom is -0.311 e. The first-order chi connectivity index (χ1) is 22.6. The van der Waals surface area contributed by atoms with E-state index in [1.807, 2.05) is 12.1 Å². The van der Waals surface area contributed by atoms with Gasteiger partial charge in [0.05, 0.1) is 18.7 Å². The number of amides is 3. The third-order valence-electron chi connectivity index (χ3n) is 7.77. The minimum absolute atomic E-state index is 0.0601. The summed E-state index contributed by atoms with van der Waals surface area (Å²) in [6.45, 7) is 7.76. The summed E-state index contributed by atoms with van der Waals surface area (Å²) < 4.78 is 0. The van der Waals surface area contributed by atoms with E-state index in [9.17, 15) is 14.4 Å². The zero-order valence-corrected chi connectivity index (χ0v) is 28.6. The van der Waals surface area contributed by atoms with E-state index < -0.39 is 0 Å². The van der Waals surface area contributed by atoms with Crippen LogP contribution in [0.15, 0.2) is 56.9 Å². The third kappa shape index (κ3) is 9.85. The van der Waals surface area contributed by atoms with Crippen LogP contribution in [-0.4, -0.2) is 55.3 Å². The van der Waals surface area contributed by atoms with Crippen molar-refractivity contribution in [2.45, 2.75) is 78.6 Å². The van der Waals surface area contributed by atoms with E-state index >= 15 is 0 Å². The number of hydrogen-bond acceptors (Lipinski definition) is 11. The monoisotopic (exact) mass is 673 g/mol. The van der Waals surface area contributed by atoms with Gasteiger partial charge in [0.1, 0.15) is 16.6 Å². The van der Waals surface area contributed by atoms with Crippen LogP contribution in [0.1, 0.15) is 82.1 Å². The Labute approximate surface area is 282 Å². The van der Waals surface area contributed by atoms with Crippen molar-refractivity contribution < 1.29 is 14.4 Å². The van der Waals surface area contributed by atoms with Crippen LogP contribution < -0.4 is 16.0 Å². The van der Waals surface area contributed by atoms with Crippen molar-refractivity contribution in [3.05, 3.63) is 63.3 Å². The SMILES string of the molecule is CCC(Cc1cccc(NC(C)=O)n1)=NC1=NCC(C)=C(C2CCCC(c3nnc(NC(=O)Cc4cccc(NC(C)=O)n4)s3)C2)S1. The fraction of sp³-hybridized carbons (Fsp3) is 0.424. The number of aliphatic imine (C=N–C) groups is 2. The van der Waals surface area contributed by atoms with Gasteiger partial charge in [0, 0.05) is 37.6 Å². The third-order valence-corrected chi connectivity index (χ3v) is 10.1. The van der Waals surface area contributed by atoms with Gasteiger partial charge < -0.3 is 16.0 Å². The highest BCUT2D eigenvalue weighted by atomic mass is 32.2. The van der Waals surface area contributed by atoms with Gasteiger partial charge in [0.25, 0.3) is 0 Å². The number of pyridine rings is 2. The summed E-state index contributed by atoms with van der Waals surface area (Å²) in [7, 11) is 0. The number of amidine groups is 1. The molecule has 0 bridgehead atoms. The number of nitrogens with zero attached hydrogens (tertiary/aromatic N) is 6. The average molecular weight is 674 g/mol. The number of anilines is 3. The van der Waals surface area contributed by atoms with Crippen LogP contribution in [0.4, 0.5) is 16.8 Å². The molecule has 1 aliphatic heterocycles. The van der Waals surface area contributed by atoms with E-state index in [0.29, 0.717) is 41.3 Å². The van der Waals surface area contributed by atoms with Crippen LogP contribution in [0.2, 0.25) is 0 Å². The summed E-state index contributed by atoms with van der Waals surface area (Å²) in [5.41, 5.74) is 3.67. The maximum Gasteiger partial charge on any atom is 0.232 e. The van der Waals surface area contributed by atoms with E-state index in [0.717, 1.165) is 53.7 Å². The highest BCUT2D eigenvalue weighted by Gasteiger charge is 2.31. The average Bonchev–Trinajstić information content (AvgIpc) is 3.49. The summed E-state index contributed by atoms with van der Waals surface area (Å²) in [6.07, 6.45) is 5.58. The number of rotatable bonds is 10. The van der Waals surface area contributed by atoms with Crippen LogP contribution in [0, 0.1) is 5.92 Å². The number of aromatic nitrogens is 4. The zero-order chi connectivity index (χ0) is 33.3. The number of thioether (sulfide) groups is 1. The molecular formula is C33H39N9O3S2. The van der Waals surface area contributed by atoms with Crippen molar-refractivity contribution in [3.8, 4) is 0 Å². The molecule has 47 heavy (non-hydrogen) atoms. The lowest BCUT2D eigenvalue weighted by Crippen LogP contribution is -2.19. The number of carbonyl (C=O) groups excluding carboxylic acids is 3. The number of allylic oxidation sites excluding steroid dienone is 1. The van der Waals surface area contributed by atoms with E-state index in [-0.39, 0.29) is 30.1 Å². The number of nitrogens with one attached hydrogen (secondary N) is 3. The molecule has 1 aliphatic carbocycles. The molecule has 0 spiro atoms. The Morgan fingerprint density at radius 1 is 0.894 bits per heavy atom. The highest BCUT2D eigenvalue weighted by molar-refractivity contribution is 8.17. The van der Waals surface area contributed by atoms with Gasteiger partial charge in [0.15, 0.2) is 5.17 Å². The molecular weight excluding hydrogens is 635 g/mol. The van der Waals surface area contributed by atoms with Gasteiger partial charge >= 0.3 is 0 Å². The fourth-order valence-corrected chi connectivity index (χ4v) is 7.67. The first-order valence-corrected chi connectivity index (χ1v) is 17.4. The molecule has 5 rings (SSSR count). The van der Waals surface area contributed by atoms with Crippen LogP contribution in [0.3, 0.4) is 0 Å². The second-order valence-corrected chi connectivity index (χ2v) is 13.7. The largest absolute Gasteiger partial charge is 0.311 e. The molecule has 1 saturated carbocycles. The normalized spacial score (nSPS) is 18.4. The van der Waals surface area contributed by atoms with Crippen LogP contribution in [-0.2, 0) is 27.2 Å². The Morgan fingerprint density at radius 2 is 1.55 bits per heavy atom. The fourth-order valence-electron chi connectivity index (χ4n) is 5.65. The van der Waals surface area contributed by atoms with Crippen molar-refractivity contribution in [1.82, 2.24) is 20.2 Å². The van der Waals surface area contributed by atoms with Gasteiger partial charge in [-0.2, -0.15) is 0 Å². The highest BCUT2D eigenvalue weighted by Crippen LogP contribution is 2.46. The Hall–Kier alpha value is -4.30. The van der Waals surface area contributed by atoms with Crippen molar-refractivity contribution >= 4 is 68.5 Å². The quantitative estimate of drug-likeness (QED) is 0.215. The van der Waals surface area contributed by atoms with Crippen LogP contribution in [0.25, 0.3) is 0 Å². The van der Waals surface area contributed by atoms with E-state index in [2.05, 4.69) is 50.0 Å².